The summed E-state index contributed by atoms with van der Waals surface area (Å²) in [5, 5.41) is 0.443. The average molecular weight is 268 g/mol. The molecule has 0 spiro atoms. The Labute approximate surface area is 96.3 Å². The van der Waals surface area contributed by atoms with Gasteiger partial charge in [0.2, 0.25) is 5.90 Å². The van der Waals surface area contributed by atoms with Gasteiger partial charge in [0.25, 0.3) is 5.91 Å². The van der Waals surface area contributed by atoms with Crippen LogP contribution in [0.15, 0.2) is 35.3 Å². The lowest BCUT2D eigenvalue weighted by molar-refractivity contribution is -0.127. The topological polar surface area (TPSA) is 38.7 Å². The molecule has 0 radical (unpaired) electrons. The Bertz CT molecular complexity index is 416. The molecular formula is C11H10BrNO2. The van der Waals surface area contributed by atoms with E-state index in [4.69, 9.17) is 4.74 Å². The van der Waals surface area contributed by atoms with Crippen LogP contribution in [0.25, 0.3) is 0 Å². The Balaban J connectivity index is 2.30. The summed E-state index contributed by atoms with van der Waals surface area (Å²) in [6.45, 7) is 1.73. The van der Waals surface area contributed by atoms with Crippen molar-refractivity contribution in [2.75, 3.05) is 5.33 Å². The summed E-state index contributed by atoms with van der Waals surface area (Å²) in [6, 6.07) is 9.41. The maximum Gasteiger partial charge on any atom is 0.293 e. The minimum Gasteiger partial charge on any atom is -0.460 e. The smallest absolute Gasteiger partial charge is 0.293 e. The van der Waals surface area contributed by atoms with Gasteiger partial charge in [-0.3, -0.25) is 4.79 Å². The zero-order valence-corrected chi connectivity index (χ0v) is 9.82. The number of amides is 1. The predicted molar refractivity (Wildman–Crippen MR) is 61.3 cm³/mol. The van der Waals surface area contributed by atoms with Crippen molar-refractivity contribution in [2.45, 2.75) is 12.5 Å². The number of hydrogen-bond acceptors (Lipinski definition) is 2. The number of carbonyl (C=O) groups excluding carboxylic acids is 1. The van der Waals surface area contributed by atoms with E-state index >= 15 is 0 Å². The van der Waals surface area contributed by atoms with E-state index in [1.54, 1.807) is 6.92 Å². The van der Waals surface area contributed by atoms with Crippen LogP contribution in [0.4, 0.5) is 0 Å². The van der Waals surface area contributed by atoms with E-state index in [1.165, 1.54) is 0 Å². The molecule has 3 nitrogen and oxygen atoms in total. The molecule has 1 aromatic rings. The largest absolute Gasteiger partial charge is 0.460 e. The highest BCUT2D eigenvalue weighted by molar-refractivity contribution is 9.09. The first kappa shape index (κ1) is 10.4. The molecule has 0 N–H and O–H groups in total. The number of carbonyl (C=O) groups is 1. The van der Waals surface area contributed by atoms with Crippen LogP contribution in [0.3, 0.4) is 0 Å². The molecule has 1 aliphatic heterocycles. The molecule has 0 aromatic heterocycles. The summed E-state index contributed by atoms with van der Waals surface area (Å²) in [7, 11) is 0. The van der Waals surface area contributed by atoms with Gasteiger partial charge in [-0.1, -0.05) is 34.1 Å². The standard InChI is InChI=1S/C11H10BrNO2/c1-11(7-12)10(14)13-9(15-11)8-5-3-2-4-6-8/h2-6H,7H2,1H3/t11-/m1/s1. The van der Waals surface area contributed by atoms with Crippen molar-refractivity contribution in [3.05, 3.63) is 35.9 Å². The first-order valence-electron chi connectivity index (χ1n) is 4.59. The third-order valence-corrected chi connectivity index (χ3v) is 3.32. The average Bonchev–Trinajstić information content (AvgIpc) is 2.58. The number of halogens is 1. The first-order chi connectivity index (χ1) is 7.15. The Kier molecular flexibility index (Phi) is 2.61. The van der Waals surface area contributed by atoms with Gasteiger partial charge in [-0.15, -0.1) is 0 Å². The van der Waals surface area contributed by atoms with Crippen molar-refractivity contribution < 1.29 is 9.53 Å². The van der Waals surface area contributed by atoms with Crippen molar-refractivity contribution in [3.8, 4) is 0 Å². The summed E-state index contributed by atoms with van der Waals surface area (Å²) >= 11 is 3.25. The minimum absolute atomic E-state index is 0.238. The van der Waals surface area contributed by atoms with Gasteiger partial charge >= 0.3 is 0 Å². The molecule has 0 bridgehead atoms. The molecule has 4 heteroatoms. The minimum atomic E-state index is -0.856. The van der Waals surface area contributed by atoms with E-state index in [-0.39, 0.29) is 5.91 Å². The normalized spacial score (nSPS) is 24.9. The predicted octanol–water partition coefficient (Wildman–Crippen LogP) is 2.14. The molecule has 15 heavy (non-hydrogen) atoms. The van der Waals surface area contributed by atoms with E-state index in [9.17, 15) is 4.79 Å². The van der Waals surface area contributed by atoms with Crippen LogP contribution in [-0.4, -0.2) is 22.7 Å². The highest BCUT2D eigenvalue weighted by Crippen LogP contribution is 2.24. The third-order valence-electron chi connectivity index (χ3n) is 2.25. The fourth-order valence-corrected chi connectivity index (χ4v) is 1.63. The van der Waals surface area contributed by atoms with Gasteiger partial charge < -0.3 is 4.74 Å². The molecule has 0 saturated heterocycles. The van der Waals surface area contributed by atoms with Crippen LogP contribution in [0.5, 0.6) is 0 Å². The van der Waals surface area contributed by atoms with E-state index in [0.29, 0.717) is 11.2 Å². The maximum atomic E-state index is 11.6. The number of hydrogen-bond donors (Lipinski definition) is 0. The molecule has 0 unspecified atom stereocenters. The van der Waals surface area contributed by atoms with Crippen molar-refractivity contribution in [3.63, 3.8) is 0 Å². The van der Waals surface area contributed by atoms with E-state index in [1.807, 2.05) is 30.3 Å². The molecule has 1 heterocycles. The SMILES string of the molecule is C[C@]1(CBr)OC(c2ccccc2)=NC1=O. The summed E-state index contributed by atoms with van der Waals surface area (Å²) in [4.78, 5) is 15.5. The fraction of sp³-hybridized carbons (Fsp3) is 0.273. The van der Waals surface area contributed by atoms with Crippen molar-refractivity contribution >= 4 is 27.7 Å². The highest BCUT2D eigenvalue weighted by atomic mass is 79.9. The molecule has 1 aliphatic rings. The second-order valence-electron chi connectivity index (χ2n) is 3.55. The number of aliphatic imine (C=N–C) groups is 1. The van der Waals surface area contributed by atoms with Crippen molar-refractivity contribution in [1.29, 1.82) is 0 Å². The summed E-state index contributed by atoms with van der Waals surface area (Å²) < 4.78 is 5.55. The quantitative estimate of drug-likeness (QED) is 0.771. The van der Waals surface area contributed by atoms with Crippen molar-refractivity contribution in [1.82, 2.24) is 0 Å². The third kappa shape index (κ3) is 1.81. The number of rotatable bonds is 2. The van der Waals surface area contributed by atoms with Gasteiger partial charge in [0.05, 0.1) is 5.33 Å². The zero-order valence-electron chi connectivity index (χ0n) is 8.24. The lowest BCUT2D eigenvalue weighted by Crippen LogP contribution is -2.35. The Hall–Kier alpha value is -1.16. The summed E-state index contributed by atoms with van der Waals surface area (Å²) in [5.41, 5.74) is -0.0268. The number of benzene rings is 1. The first-order valence-corrected chi connectivity index (χ1v) is 5.71. The van der Waals surface area contributed by atoms with Gasteiger partial charge in [0, 0.05) is 5.56 Å². The van der Waals surface area contributed by atoms with Crippen LogP contribution >= 0.6 is 15.9 Å². The highest BCUT2D eigenvalue weighted by Gasteiger charge is 2.41. The van der Waals surface area contributed by atoms with E-state index in [0.717, 1.165) is 5.56 Å². The molecule has 78 valence electrons. The second kappa shape index (κ2) is 3.77. The lowest BCUT2D eigenvalue weighted by Gasteiger charge is -2.18. The van der Waals surface area contributed by atoms with Crippen LogP contribution < -0.4 is 0 Å². The second-order valence-corrected chi connectivity index (χ2v) is 4.12. The zero-order chi connectivity index (χ0) is 10.9. The molecule has 1 aromatic carbocycles. The summed E-state index contributed by atoms with van der Waals surface area (Å²) in [6.07, 6.45) is 0. The maximum absolute atomic E-state index is 11.6. The molecule has 1 amide bonds. The molecule has 0 fully saturated rings. The number of ether oxygens (including phenoxy) is 1. The molecule has 2 rings (SSSR count). The number of nitrogens with zero attached hydrogens (tertiary/aromatic N) is 1. The van der Waals surface area contributed by atoms with Crippen LogP contribution in [0, 0.1) is 0 Å². The molecule has 0 saturated carbocycles. The van der Waals surface area contributed by atoms with Gasteiger partial charge in [-0.2, -0.15) is 4.99 Å². The van der Waals surface area contributed by atoms with Crippen LogP contribution in [0.2, 0.25) is 0 Å². The van der Waals surface area contributed by atoms with Gasteiger partial charge in [-0.05, 0) is 19.1 Å². The molecule has 0 aliphatic carbocycles. The molecule has 1 atom stereocenters. The van der Waals surface area contributed by atoms with Gasteiger partial charge in [0.15, 0.2) is 5.60 Å². The van der Waals surface area contributed by atoms with Crippen LogP contribution in [0.1, 0.15) is 12.5 Å². The van der Waals surface area contributed by atoms with Crippen LogP contribution in [-0.2, 0) is 9.53 Å². The fourth-order valence-electron chi connectivity index (χ4n) is 1.28. The van der Waals surface area contributed by atoms with E-state index < -0.39 is 5.60 Å². The molecular weight excluding hydrogens is 258 g/mol. The van der Waals surface area contributed by atoms with Gasteiger partial charge in [0.1, 0.15) is 0 Å². The van der Waals surface area contributed by atoms with Gasteiger partial charge in [-0.25, -0.2) is 0 Å². The lowest BCUT2D eigenvalue weighted by atomic mass is 10.1. The Morgan fingerprint density at radius 3 is 2.60 bits per heavy atom. The Morgan fingerprint density at radius 2 is 2.07 bits per heavy atom. The van der Waals surface area contributed by atoms with E-state index in [2.05, 4.69) is 20.9 Å². The monoisotopic (exact) mass is 267 g/mol. The summed E-state index contributed by atoms with van der Waals surface area (Å²) in [5.74, 6) is 0.167. The number of alkyl halides is 1. The Morgan fingerprint density at radius 1 is 1.40 bits per heavy atom. The van der Waals surface area contributed by atoms with Crippen molar-refractivity contribution in [2.24, 2.45) is 4.99 Å².